The van der Waals surface area contributed by atoms with Gasteiger partial charge in [0.05, 0.1) is 0 Å². The molecular weight excluding hydrogens is 462 g/mol. The number of benzene rings is 2. The minimum absolute atomic E-state index is 0.146. The van der Waals surface area contributed by atoms with Crippen molar-refractivity contribution in [1.82, 2.24) is 16.0 Å². The monoisotopic (exact) mass is 515 g/mol. The molecule has 0 bridgehead atoms. The summed E-state index contributed by atoms with van der Waals surface area (Å²) in [5, 5.41) is 11.8. The molecule has 1 aliphatic heterocycles. The zero-order valence-electron chi connectivity index (χ0n) is 24.8. The molecule has 0 amide bonds. The SMILES string of the molecule is C=C(N[C@H](CNC1CC(C)(C)NC(C)(C)C1)Cc1ccc(-c2ccccc2)cc1)C(CC)C1CCCCC1. The van der Waals surface area contributed by atoms with Crippen molar-refractivity contribution in [2.75, 3.05) is 6.54 Å². The van der Waals surface area contributed by atoms with E-state index >= 15 is 0 Å². The molecule has 2 aliphatic rings. The predicted molar refractivity (Wildman–Crippen MR) is 164 cm³/mol. The number of nitrogens with one attached hydrogen (secondary N) is 3. The van der Waals surface area contributed by atoms with E-state index in [4.69, 9.17) is 0 Å². The van der Waals surface area contributed by atoms with Crippen LogP contribution in [0.4, 0.5) is 0 Å². The van der Waals surface area contributed by atoms with Crippen LogP contribution >= 0.6 is 0 Å². The standard InChI is InChI=1S/C35H53N3/c1-7-33(30-16-12-9-13-17-30)26(2)37-31(25-36-32-23-34(3,4)38-35(5,6)24-32)22-27-18-20-29(21-19-27)28-14-10-8-11-15-28/h8,10-11,14-15,18-21,30-33,36-38H,2,7,9,12-13,16-17,22-25H2,1,3-6H3/t31-,33?/m0/s1. The normalized spacial score (nSPS) is 21.5. The summed E-state index contributed by atoms with van der Waals surface area (Å²) in [5.41, 5.74) is 5.50. The van der Waals surface area contributed by atoms with Crippen molar-refractivity contribution >= 4 is 0 Å². The largest absolute Gasteiger partial charge is 0.384 e. The molecule has 208 valence electrons. The van der Waals surface area contributed by atoms with E-state index in [0.29, 0.717) is 18.0 Å². The first kappa shape index (κ1) is 28.9. The number of hydrogen-bond donors (Lipinski definition) is 3. The first-order valence-electron chi connectivity index (χ1n) is 15.3. The fraction of sp³-hybridized carbons (Fsp3) is 0.600. The van der Waals surface area contributed by atoms with Gasteiger partial charge < -0.3 is 16.0 Å². The summed E-state index contributed by atoms with van der Waals surface area (Å²) in [5.74, 6) is 1.37. The van der Waals surface area contributed by atoms with E-state index in [1.54, 1.807) is 0 Å². The fourth-order valence-corrected chi connectivity index (χ4v) is 7.47. The highest BCUT2D eigenvalue weighted by Crippen LogP contribution is 2.35. The van der Waals surface area contributed by atoms with Crippen LogP contribution in [0.1, 0.15) is 91.5 Å². The Balaban J connectivity index is 1.46. The Bertz CT molecular complexity index is 985. The summed E-state index contributed by atoms with van der Waals surface area (Å²) in [6.07, 6.45) is 11.4. The Morgan fingerprint density at radius 1 is 0.895 bits per heavy atom. The van der Waals surface area contributed by atoms with Crippen LogP contribution in [0.25, 0.3) is 11.1 Å². The number of hydrogen-bond acceptors (Lipinski definition) is 3. The molecule has 3 heteroatoms. The average Bonchev–Trinajstić information content (AvgIpc) is 2.87. The van der Waals surface area contributed by atoms with Crippen LogP contribution in [0.2, 0.25) is 0 Å². The summed E-state index contributed by atoms with van der Waals surface area (Å²) in [4.78, 5) is 0. The third-order valence-electron chi connectivity index (χ3n) is 8.88. The van der Waals surface area contributed by atoms with Crippen molar-refractivity contribution in [3.63, 3.8) is 0 Å². The smallest absolute Gasteiger partial charge is 0.0423 e. The quantitative estimate of drug-likeness (QED) is 0.285. The Morgan fingerprint density at radius 2 is 1.50 bits per heavy atom. The van der Waals surface area contributed by atoms with E-state index in [1.807, 2.05) is 0 Å². The van der Waals surface area contributed by atoms with Gasteiger partial charge in [-0.25, -0.2) is 0 Å². The molecule has 1 saturated heterocycles. The zero-order chi connectivity index (χ0) is 27.2. The Hall–Kier alpha value is -2.10. The first-order chi connectivity index (χ1) is 18.1. The summed E-state index contributed by atoms with van der Waals surface area (Å²) in [7, 11) is 0. The maximum atomic E-state index is 4.63. The van der Waals surface area contributed by atoms with Gasteiger partial charge in [-0.1, -0.05) is 87.4 Å². The van der Waals surface area contributed by atoms with E-state index in [2.05, 4.69) is 112 Å². The second kappa shape index (κ2) is 12.8. The molecule has 1 saturated carbocycles. The molecule has 4 rings (SSSR count). The van der Waals surface area contributed by atoms with Crippen LogP contribution < -0.4 is 16.0 Å². The maximum absolute atomic E-state index is 4.63. The molecule has 2 atom stereocenters. The van der Waals surface area contributed by atoms with E-state index in [9.17, 15) is 0 Å². The second-order valence-electron chi connectivity index (χ2n) is 13.5. The van der Waals surface area contributed by atoms with E-state index in [1.165, 1.54) is 60.9 Å². The average molecular weight is 516 g/mol. The van der Waals surface area contributed by atoms with Gasteiger partial charge in [0, 0.05) is 41.3 Å². The van der Waals surface area contributed by atoms with Gasteiger partial charge in [-0.3, -0.25) is 0 Å². The van der Waals surface area contributed by atoms with Gasteiger partial charge in [0.2, 0.25) is 0 Å². The lowest BCUT2D eigenvalue weighted by Gasteiger charge is -2.47. The number of piperidine rings is 1. The second-order valence-corrected chi connectivity index (χ2v) is 13.5. The minimum atomic E-state index is 0.146. The van der Waals surface area contributed by atoms with E-state index < -0.39 is 0 Å². The third-order valence-corrected chi connectivity index (χ3v) is 8.88. The molecule has 3 N–H and O–H groups in total. The fourth-order valence-electron chi connectivity index (χ4n) is 7.47. The number of allylic oxidation sites excluding steroid dienone is 1. The predicted octanol–water partition coefficient (Wildman–Crippen LogP) is 7.87. The van der Waals surface area contributed by atoms with Crippen molar-refractivity contribution in [2.24, 2.45) is 11.8 Å². The maximum Gasteiger partial charge on any atom is 0.0423 e. The van der Waals surface area contributed by atoms with Gasteiger partial charge >= 0.3 is 0 Å². The van der Waals surface area contributed by atoms with E-state index in [-0.39, 0.29) is 11.1 Å². The molecule has 2 fully saturated rings. The van der Waals surface area contributed by atoms with Crippen LogP contribution in [-0.2, 0) is 6.42 Å². The van der Waals surface area contributed by atoms with Crippen LogP contribution in [0.3, 0.4) is 0 Å². The van der Waals surface area contributed by atoms with Gasteiger partial charge in [0.1, 0.15) is 0 Å². The van der Waals surface area contributed by atoms with Crippen molar-refractivity contribution in [1.29, 1.82) is 0 Å². The molecule has 1 heterocycles. The molecule has 3 nitrogen and oxygen atoms in total. The lowest BCUT2D eigenvalue weighted by Crippen LogP contribution is -2.62. The molecule has 0 radical (unpaired) electrons. The van der Waals surface area contributed by atoms with Gasteiger partial charge in [-0.15, -0.1) is 0 Å². The molecule has 0 spiro atoms. The third kappa shape index (κ3) is 8.20. The van der Waals surface area contributed by atoms with Crippen LogP contribution in [0.5, 0.6) is 0 Å². The molecule has 2 aromatic rings. The highest BCUT2D eigenvalue weighted by Gasteiger charge is 2.37. The summed E-state index contributed by atoms with van der Waals surface area (Å²) in [6, 6.07) is 20.7. The van der Waals surface area contributed by atoms with Gasteiger partial charge in [-0.2, -0.15) is 0 Å². The van der Waals surface area contributed by atoms with Crippen molar-refractivity contribution in [2.45, 2.75) is 116 Å². The van der Waals surface area contributed by atoms with Crippen LogP contribution in [-0.4, -0.2) is 29.7 Å². The van der Waals surface area contributed by atoms with E-state index in [0.717, 1.165) is 31.7 Å². The highest BCUT2D eigenvalue weighted by molar-refractivity contribution is 5.63. The summed E-state index contributed by atoms with van der Waals surface area (Å²) < 4.78 is 0. The summed E-state index contributed by atoms with van der Waals surface area (Å²) >= 11 is 0. The molecule has 2 aromatic carbocycles. The molecular formula is C35H53N3. The Kier molecular flexibility index (Phi) is 9.76. The lowest BCUT2D eigenvalue weighted by atomic mass is 9.77. The topological polar surface area (TPSA) is 36.1 Å². The summed E-state index contributed by atoms with van der Waals surface area (Å²) in [6.45, 7) is 17.3. The van der Waals surface area contributed by atoms with Gasteiger partial charge in [0.15, 0.2) is 0 Å². The number of rotatable bonds is 11. The lowest BCUT2D eigenvalue weighted by molar-refractivity contribution is 0.144. The van der Waals surface area contributed by atoms with Gasteiger partial charge in [-0.05, 0) is 88.8 Å². The molecule has 1 unspecified atom stereocenters. The molecule has 1 aliphatic carbocycles. The van der Waals surface area contributed by atoms with Crippen LogP contribution in [0, 0.1) is 11.8 Å². The first-order valence-corrected chi connectivity index (χ1v) is 15.3. The molecule has 38 heavy (non-hydrogen) atoms. The van der Waals surface area contributed by atoms with Crippen molar-refractivity contribution in [3.8, 4) is 11.1 Å². The Morgan fingerprint density at radius 3 is 2.11 bits per heavy atom. The minimum Gasteiger partial charge on any atom is -0.384 e. The van der Waals surface area contributed by atoms with Gasteiger partial charge in [0.25, 0.3) is 0 Å². The van der Waals surface area contributed by atoms with Crippen molar-refractivity contribution < 1.29 is 0 Å². The zero-order valence-corrected chi connectivity index (χ0v) is 24.8. The van der Waals surface area contributed by atoms with Crippen molar-refractivity contribution in [3.05, 3.63) is 72.4 Å². The highest BCUT2D eigenvalue weighted by atomic mass is 15.1. The van der Waals surface area contributed by atoms with Crippen LogP contribution in [0.15, 0.2) is 66.9 Å². The Labute approximate surface area is 233 Å². The molecule has 0 aromatic heterocycles.